The van der Waals surface area contributed by atoms with Gasteiger partial charge in [0.05, 0.1) is 0 Å². The van der Waals surface area contributed by atoms with E-state index >= 15 is 0 Å². The number of nitrogens with one attached hydrogen (secondary N) is 1. The Kier molecular flexibility index (Phi) is 6.44. The van der Waals surface area contributed by atoms with Crippen LogP contribution in [0.2, 0.25) is 0 Å². The van der Waals surface area contributed by atoms with Crippen molar-refractivity contribution in [1.82, 2.24) is 5.32 Å². The Morgan fingerprint density at radius 1 is 1.25 bits per heavy atom. The van der Waals surface area contributed by atoms with Gasteiger partial charge in [-0.05, 0) is 61.3 Å². The maximum absolute atomic E-state index is 3.70. The van der Waals surface area contributed by atoms with Gasteiger partial charge in [0, 0.05) is 12.0 Å². The van der Waals surface area contributed by atoms with Crippen LogP contribution in [0.25, 0.3) is 0 Å². The molecule has 1 aromatic rings. The number of hydrogen-bond acceptors (Lipinski definition) is 2. The molecule has 0 bridgehead atoms. The van der Waals surface area contributed by atoms with Crippen LogP contribution in [0.5, 0.6) is 0 Å². The summed E-state index contributed by atoms with van der Waals surface area (Å²) in [6.07, 6.45) is 6.51. The quantitative estimate of drug-likeness (QED) is 0.712. The molecule has 1 aliphatic rings. The summed E-state index contributed by atoms with van der Waals surface area (Å²) < 4.78 is 0. The van der Waals surface area contributed by atoms with E-state index in [1.165, 1.54) is 43.6 Å². The van der Waals surface area contributed by atoms with E-state index in [0.29, 0.717) is 5.41 Å². The van der Waals surface area contributed by atoms with E-state index in [4.69, 9.17) is 0 Å². The summed E-state index contributed by atoms with van der Waals surface area (Å²) in [7, 11) is 0. The summed E-state index contributed by atoms with van der Waals surface area (Å²) in [6, 6.07) is 9.16. The largest absolute Gasteiger partial charge is 0.316 e. The third kappa shape index (κ3) is 3.79. The zero-order chi connectivity index (χ0) is 14.3. The Labute approximate surface area is 128 Å². The van der Waals surface area contributed by atoms with Gasteiger partial charge in [0.2, 0.25) is 0 Å². The Bertz CT molecular complexity index is 392. The molecule has 0 radical (unpaired) electrons. The van der Waals surface area contributed by atoms with E-state index in [-0.39, 0.29) is 0 Å². The minimum atomic E-state index is 0.381. The average molecular weight is 292 g/mol. The summed E-state index contributed by atoms with van der Waals surface area (Å²) >= 11 is 2.09. The fourth-order valence-electron chi connectivity index (χ4n) is 3.46. The lowest BCUT2D eigenvalue weighted by atomic mass is 9.68. The molecule has 0 saturated carbocycles. The molecule has 20 heavy (non-hydrogen) atoms. The lowest BCUT2D eigenvalue weighted by molar-refractivity contribution is 0.330. The van der Waals surface area contributed by atoms with E-state index in [1.54, 1.807) is 11.1 Å². The van der Waals surface area contributed by atoms with Gasteiger partial charge in [0.25, 0.3) is 0 Å². The molecule has 0 saturated heterocycles. The Morgan fingerprint density at radius 3 is 2.90 bits per heavy atom. The minimum absolute atomic E-state index is 0.381. The summed E-state index contributed by atoms with van der Waals surface area (Å²) in [4.78, 5) is 0. The summed E-state index contributed by atoms with van der Waals surface area (Å²) in [5, 5.41) is 3.70. The van der Waals surface area contributed by atoms with Gasteiger partial charge in [-0.15, -0.1) is 0 Å². The molecule has 0 amide bonds. The van der Waals surface area contributed by atoms with Crippen molar-refractivity contribution in [3.05, 3.63) is 35.4 Å². The number of aryl methyl sites for hydroxylation is 1. The standard InChI is InChI=1S/C18H29NS/c1-3-13-19-15-18(12-14-20-4-2)11-7-9-16-8-5-6-10-17(16)18/h5-6,8,10,19H,3-4,7,9,11-15H2,1-2H3. The fraction of sp³-hybridized carbons (Fsp3) is 0.667. The van der Waals surface area contributed by atoms with Crippen LogP contribution in [-0.4, -0.2) is 24.6 Å². The molecule has 1 aliphatic carbocycles. The molecule has 0 aliphatic heterocycles. The lowest BCUT2D eigenvalue weighted by Gasteiger charge is -2.40. The zero-order valence-electron chi connectivity index (χ0n) is 13.1. The Hall–Kier alpha value is -0.470. The molecular formula is C18H29NS. The molecule has 2 heteroatoms. The molecule has 0 spiro atoms. The number of thioether (sulfide) groups is 1. The number of hydrogen-bond donors (Lipinski definition) is 1. The van der Waals surface area contributed by atoms with Gasteiger partial charge in [-0.2, -0.15) is 11.8 Å². The first kappa shape index (κ1) is 15.9. The second kappa shape index (κ2) is 8.09. The second-order valence-electron chi connectivity index (χ2n) is 5.91. The normalized spacial score (nSPS) is 21.7. The molecule has 0 fully saturated rings. The van der Waals surface area contributed by atoms with Crippen LogP contribution < -0.4 is 5.32 Å². The number of rotatable bonds is 8. The smallest absolute Gasteiger partial charge is 0.00884 e. The van der Waals surface area contributed by atoms with Crippen molar-refractivity contribution >= 4 is 11.8 Å². The lowest BCUT2D eigenvalue weighted by Crippen LogP contribution is -2.41. The van der Waals surface area contributed by atoms with E-state index in [0.717, 1.165) is 13.1 Å². The first-order valence-corrected chi connectivity index (χ1v) is 9.34. The molecule has 1 atom stereocenters. The molecule has 0 aromatic heterocycles. The maximum atomic E-state index is 3.70. The molecule has 1 N–H and O–H groups in total. The Balaban J connectivity index is 2.17. The monoisotopic (exact) mass is 291 g/mol. The van der Waals surface area contributed by atoms with Crippen molar-refractivity contribution in [2.24, 2.45) is 0 Å². The fourth-order valence-corrected chi connectivity index (χ4v) is 4.28. The van der Waals surface area contributed by atoms with Crippen LogP contribution in [0.3, 0.4) is 0 Å². The van der Waals surface area contributed by atoms with E-state index in [9.17, 15) is 0 Å². The van der Waals surface area contributed by atoms with Crippen LogP contribution >= 0.6 is 11.8 Å². The van der Waals surface area contributed by atoms with Gasteiger partial charge >= 0.3 is 0 Å². The van der Waals surface area contributed by atoms with Crippen molar-refractivity contribution in [2.75, 3.05) is 24.6 Å². The molecule has 2 rings (SSSR count). The molecule has 1 unspecified atom stereocenters. The maximum Gasteiger partial charge on any atom is 0.00884 e. The molecular weight excluding hydrogens is 262 g/mol. The highest BCUT2D eigenvalue weighted by Gasteiger charge is 2.35. The Morgan fingerprint density at radius 2 is 2.10 bits per heavy atom. The minimum Gasteiger partial charge on any atom is -0.316 e. The average Bonchev–Trinajstić information content (AvgIpc) is 2.48. The third-order valence-corrected chi connectivity index (χ3v) is 5.41. The van der Waals surface area contributed by atoms with Crippen LogP contribution in [0.4, 0.5) is 0 Å². The molecule has 0 heterocycles. The molecule has 1 aromatic carbocycles. The predicted octanol–water partition coefficient (Wildman–Crippen LogP) is 4.40. The van der Waals surface area contributed by atoms with Crippen LogP contribution in [0.1, 0.15) is 50.7 Å². The highest BCUT2D eigenvalue weighted by Crippen LogP contribution is 2.40. The highest BCUT2D eigenvalue weighted by atomic mass is 32.2. The van der Waals surface area contributed by atoms with Crippen LogP contribution in [0.15, 0.2) is 24.3 Å². The zero-order valence-corrected chi connectivity index (χ0v) is 13.9. The van der Waals surface area contributed by atoms with Gasteiger partial charge in [0.15, 0.2) is 0 Å². The van der Waals surface area contributed by atoms with Gasteiger partial charge in [-0.1, -0.05) is 38.1 Å². The summed E-state index contributed by atoms with van der Waals surface area (Å²) in [5.41, 5.74) is 3.61. The molecule has 112 valence electrons. The van der Waals surface area contributed by atoms with Gasteiger partial charge in [-0.3, -0.25) is 0 Å². The first-order chi connectivity index (χ1) is 9.82. The number of fused-ring (bicyclic) bond motifs is 1. The summed E-state index contributed by atoms with van der Waals surface area (Å²) in [6.45, 7) is 6.82. The molecule has 1 nitrogen and oxygen atoms in total. The topological polar surface area (TPSA) is 12.0 Å². The van der Waals surface area contributed by atoms with E-state index < -0.39 is 0 Å². The predicted molar refractivity (Wildman–Crippen MR) is 91.8 cm³/mol. The highest BCUT2D eigenvalue weighted by molar-refractivity contribution is 7.99. The van der Waals surface area contributed by atoms with Crippen LogP contribution in [0, 0.1) is 0 Å². The van der Waals surface area contributed by atoms with E-state index in [1.807, 2.05) is 0 Å². The van der Waals surface area contributed by atoms with Crippen molar-refractivity contribution in [2.45, 2.75) is 51.4 Å². The van der Waals surface area contributed by atoms with Crippen molar-refractivity contribution in [3.63, 3.8) is 0 Å². The first-order valence-electron chi connectivity index (χ1n) is 8.19. The van der Waals surface area contributed by atoms with Crippen LogP contribution in [-0.2, 0) is 11.8 Å². The van der Waals surface area contributed by atoms with Crippen molar-refractivity contribution in [3.8, 4) is 0 Å². The van der Waals surface area contributed by atoms with E-state index in [2.05, 4.69) is 55.2 Å². The van der Waals surface area contributed by atoms with Gasteiger partial charge < -0.3 is 5.32 Å². The van der Waals surface area contributed by atoms with Crippen molar-refractivity contribution < 1.29 is 0 Å². The number of benzene rings is 1. The summed E-state index contributed by atoms with van der Waals surface area (Å²) in [5.74, 6) is 2.53. The van der Waals surface area contributed by atoms with Gasteiger partial charge in [-0.25, -0.2) is 0 Å². The second-order valence-corrected chi connectivity index (χ2v) is 7.31. The SMILES string of the molecule is CCCNCC1(CCSCC)CCCc2ccccc21. The van der Waals surface area contributed by atoms with Crippen molar-refractivity contribution in [1.29, 1.82) is 0 Å². The van der Waals surface area contributed by atoms with Gasteiger partial charge in [0.1, 0.15) is 0 Å². The third-order valence-electron chi connectivity index (χ3n) is 4.51.